The number of primary amides is 1. The molecule has 2 amide bonds. The van der Waals surface area contributed by atoms with Crippen LogP contribution in [0.3, 0.4) is 0 Å². The molecule has 1 rings (SSSR count). The largest absolute Gasteiger partial charge is 0.389 e. The number of hydrogen-bond donors (Lipinski definition) is 2. The van der Waals surface area contributed by atoms with Gasteiger partial charge in [-0.15, -0.1) is 0 Å². The molecule has 0 fully saturated rings. The zero-order valence-corrected chi connectivity index (χ0v) is 8.95. The Labute approximate surface area is 98.5 Å². The van der Waals surface area contributed by atoms with Gasteiger partial charge in [-0.2, -0.15) is 18.2 Å². The molecule has 1 aromatic heterocycles. The van der Waals surface area contributed by atoms with E-state index >= 15 is 0 Å². The van der Waals surface area contributed by atoms with Crippen LogP contribution < -0.4 is 11.1 Å². The Hall–Kier alpha value is -2.13. The van der Waals surface area contributed by atoms with Crippen LogP contribution in [0.4, 0.5) is 13.2 Å². The summed E-state index contributed by atoms with van der Waals surface area (Å²) in [6, 6.07) is 0. The summed E-state index contributed by atoms with van der Waals surface area (Å²) in [5.41, 5.74) is 4.84. The fourth-order valence-electron chi connectivity index (χ4n) is 0.945. The number of carbonyl (C=O) groups excluding carboxylic acids is 2. The van der Waals surface area contributed by atoms with Crippen LogP contribution >= 0.6 is 0 Å². The van der Waals surface area contributed by atoms with Gasteiger partial charge in [0.1, 0.15) is 0 Å². The molecule has 0 saturated carbocycles. The average Bonchev–Trinajstić information content (AvgIpc) is 2.71. The summed E-state index contributed by atoms with van der Waals surface area (Å²) < 4.78 is 39.9. The van der Waals surface area contributed by atoms with Crippen molar-refractivity contribution in [2.45, 2.75) is 25.6 Å². The maximum Gasteiger partial charge on any atom is 0.389 e. The van der Waals surface area contributed by atoms with Crippen molar-refractivity contribution in [2.75, 3.05) is 0 Å². The first kappa shape index (κ1) is 13.9. The molecular weight excluding hydrogens is 257 g/mol. The van der Waals surface area contributed by atoms with Gasteiger partial charge < -0.3 is 15.6 Å². The van der Waals surface area contributed by atoms with E-state index in [0.29, 0.717) is 0 Å². The smallest absolute Gasteiger partial charge is 0.363 e. The third-order valence-corrected chi connectivity index (χ3v) is 1.76. The maximum atomic E-state index is 11.8. The van der Waals surface area contributed by atoms with Crippen LogP contribution in [0.25, 0.3) is 0 Å². The summed E-state index contributed by atoms with van der Waals surface area (Å²) in [6.07, 6.45) is -6.30. The molecule has 1 aromatic rings. The molecule has 0 aliphatic heterocycles. The molecule has 100 valence electrons. The number of rotatable bonds is 5. The van der Waals surface area contributed by atoms with Gasteiger partial charge in [-0.3, -0.25) is 9.59 Å². The minimum atomic E-state index is -4.39. The van der Waals surface area contributed by atoms with Gasteiger partial charge >= 0.3 is 6.18 Å². The number of alkyl halides is 3. The molecule has 3 N–H and O–H groups in total. The Morgan fingerprint density at radius 3 is 2.56 bits per heavy atom. The normalized spacial score (nSPS) is 11.3. The molecule has 0 aliphatic carbocycles. The number of nitrogens with zero attached hydrogens (tertiary/aromatic N) is 2. The molecular formula is C8H9F3N4O3. The Bertz CT molecular complexity index is 443. The molecule has 0 bridgehead atoms. The molecule has 10 heteroatoms. The monoisotopic (exact) mass is 266 g/mol. The van der Waals surface area contributed by atoms with E-state index in [-0.39, 0.29) is 18.3 Å². The van der Waals surface area contributed by atoms with Crippen molar-refractivity contribution in [3.8, 4) is 0 Å². The van der Waals surface area contributed by atoms with Crippen LogP contribution in [0.1, 0.15) is 29.4 Å². The Kier molecular flexibility index (Phi) is 4.23. The summed E-state index contributed by atoms with van der Waals surface area (Å²) in [4.78, 5) is 25.1. The zero-order valence-electron chi connectivity index (χ0n) is 8.95. The van der Waals surface area contributed by atoms with Gasteiger partial charge in [0.25, 0.3) is 11.7 Å². The Balaban J connectivity index is 2.36. The topological polar surface area (TPSA) is 111 Å². The van der Waals surface area contributed by atoms with E-state index in [2.05, 4.69) is 20.0 Å². The minimum Gasteiger partial charge on any atom is -0.363 e. The quantitative estimate of drug-likeness (QED) is 0.786. The molecule has 0 radical (unpaired) electrons. The van der Waals surface area contributed by atoms with Gasteiger partial charge in [-0.25, -0.2) is 0 Å². The summed E-state index contributed by atoms with van der Waals surface area (Å²) >= 11 is 0. The van der Waals surface area contributed by atoms with Crippen LogP contribution in [0.5, 0.6) is 0 Å². The number of nitrogens with two attached hydrogens (primary N) is 1. The van der Waals surface area contributed by atoms with Gasteiger partial charge in [-0.1, -0.05) is 5.16 Å². The van der Waals surface area contributed by atoms with E-state index in [4.69, 9.17) is 5.73 Å². The fourth-order valence-corrected chi connectivity index (χ4v) is 0.945. The van der Waals surface area contributed by atoms with Gasteiger partial charge in [0, 0.05) is 6.42 Å². The number of nitrogens with one attached hydrogen (secondary N) is 1. The Morgan fingerprint density at radius 2 is 2.06 bits per heavy atom. The van der Waals surface area contributed by atoms with Crippen LogP contribution in [0.2, 0.25) is 0 Å². The maximum absolute atomic E-state index is 11.8. The van der Waals surface area contributed by atoms with Crippen molar-refractivity contribution >= 4 is 11.8 Å². The number of hydrogen-bond acceptors (Lipinski definition) is 5. The van der Waals surface area contributed by atoms with Crippen LogP contribution in [-0.4, -0.2) is 28.1 Å². The van der Waals surface area contributed by atoms with Crippen molar-refractivity contribution in [3.05, 3.63) is 11.7 Å². The molecule has 0 spiro atoms. The molecule has 0 atom stereocenters. The Morgan fingerprint density at radius 1 is 1.39 bits per heavy atom. The highest BCUT2D eigenvalue weighted by atomic mass is 19.4. The van der Waals surface area contributed by atoms with Crippen molar-refractivity contribution in [2.24, 2.45) is 5.73 Å². The average molecular weight is 266 g/mol. The highest BCUT2D eigenvalue weighted by molar-refractivity contribution is 5.88. The van der Waals surface area contributed by atoms with Gasteiger partial charge in [-0.05, 0) is 0 Å². The van der Waals surface area contributed by atoms with E-state index in [0.717, 1.165) is 0 Å². The van der Waals surface area contributed by atoms with Gasteiger partial charge in [0.05, 0.1) is 13.0 Å². The van der Waals surface area contributed by atoms with Crippen molar-refractivity contribution in [1.82, 2.24) is 15.5 Å². The third kappa shape index (κ3) is 4.80. The van der Waals surface area contributed by atoms with Crippen molar-refractivity contribution in [1.29, 1.82) is 0 Å². The SMILES string of the molecule is NC(=O)c1noc(CNC(=O)CCC(F)(F)F)n1. The van der Waals surface area contributed by atoms with E-state index in [1.807, 2.05) is 0 Å². The lowest BCUT2D eigenvalue weighted by Crippen LogP contribution is -2.24. The van der Waals surface area contributed by atoms with E-state index in [9.17, 15) is 22.8 Å². The predicted molar refractivity (Wildman–Crippen MR) is 50.0 cm³/mol. The van der Waals surface area contributed by atoms with Crippen LogP contribution in [0, 0.1) is 0 Å². The van der Waals surface area contributed by atoms with Crippen molar-refractivity contribution < 1.29 is 27.3 Å². The van der Waals surface area contributed by atoms with Crippen LogP contribution in [-0.2, 0) is 11.3 Å². The van der Waals surface area contributed by atoms with Gasteiger partial charge in [0.15, 0.2) is 0 Å². The first-order chi connectivity index (χ1) is 8.28. The number of aromatic nitrogens is 2. The highest BCUT2D eigenvalue weighted by Gasteiger charge is 2.27. The minimum absolute atomic E-state index is 0.121. The molecule has 0 saturated heterocycles. The summed E-state index contributed by atoms with van der Waals surface area (Å²) in [6.45, 7) is -0.267. The molecule has 0 aromatic carbocycles. The second kappa shape index (κ2) is 5.47. The summed E-state index contributed by atoms with van der Waals surface area (Å²) in [7, 11) is 0. The standard InChI is InChI=1S/C8H9F3N4O3/c9-8(10,11)2-1-4(16)13-3-5-14-7(6(12)17)15-18-5/h1-3H2,(H2,12,17)(H,13,16). The lowest BCUT2D eigenvalue weighted by molar-refractivity contribution is -0.144. The zero-order chi connectivity index (χ0) is 13.8. The third-order valence-electron chi connectivity index (χ3n) is 1.76. The van der Waals surface area contributed by atoms with E-state index < -0.39 is 30.8 Å². The predicted octanol–water partition coefficient (Wildman–Crippen LogP) is 0.127. The number of carbonyl (C=O) groups is 2. The number of halogens is 3. The number of amides is 2. The fraction of sp³-hybridized carbons (Fsp3) is 0.500. The molecule has 7 nitrogen and oxygen atoms in total. The second-order valence-corrected chi connectivity index (χ2v) is 3.27. The first-order valence-corrected chi connectivity index (χ1v) is 4.74. The second-order valence-electron chi connectivity index (χ2n) is 3.27. The van der Waals surface area contributed by atoms with Crippen molar-refractivity contribution in [3.63, 3.8) is 0 Å². The highest BCUT2D eigenvalue weighted by Crippen LogP contribution is 2.20. The lowest BCUT2D eigenvalue weighted by atomic mass is 10.3. The lowest BCUT2D eigenvalue weighted by Gasteiger charge is -2.05. The van der Waals surface area contributed by atoms with Gasteiger partial charge in [0.2, 0.25) is 11.8 Å². The first-order valence-electron chi connectivity index (χ1n) is 4.74. The molecule has 0 aliphatic rings. The van der Waals surface area contributed by atoms with E-state index in [1.165, 1.54) is 0 Å². The molecule has 0 unspecified atom stereocenters. The summed E-state index contributed by atoms with van der Waals surface area (Å²) in [5.74, 6) is -2.21. The summed E-state index contributed by atoms with van der Waals surface area (Å²) in [5, 5.41) is 5.32. The molecule has 18 heavy (non-hydrogen) atoms. The van der Waals surface area contributed by atoms with Crippen LogP contribution in [0.15, 0.2) is 4.52 Å². The molecule has 1 heterocycles. The van der Waals surface area contributed by atoms with E-state index in [1.54, 1.807) is 0 Å².